The number of benzene rings is 1. The number of hydrogen-bond donors (Lipinski definition) is 1. The van der Waals surface area contributed by atoms with E-state index in [2.05, 4.69) is 19.2 Å². The van der Waals surface area contributed by atoms with Gasteiger partial charge >= 0.3 is 0 Å². The van der Waals surface area contributed by atoms with Gasteiger partial charge < -0.3 is 10.1 Å². The summed E-state index contributed by atoms with van der Waals surface area (Å²) in [6.07, 6.45) is 1.79. The topological polar surface area (TPSA) is 39.1 Å². The fourth-order valence-corrected chi connectivity index (χ4v) is 2.99. The van der Waals surface area contributed by atoms with Crippen LogP contribution in [0.2, 0.25) is 0 Å². The number of nitrogens with zero attached hydrogens (tertiary/aromatic N) is 2. The van der Waals surface area contributed by atoms with Crippen LogP contribution in [0.25, 0.3) is 0 Å². The predicted molar refractivity (Wildman–Crippen MR) is 80.5 cm³/mol. The molecule has 21 heavy (non-hydrogen) atoms. The minimum atomic E-state index is -0.324. The van der Waals surface area contributed by atoms with Crippen LogP contribution in [-0.4, -0.2) is 23.4 Å². The van der Waals surface area contributed by atoms with Crippen molar-refractivity contribution in [3.05, 3.63) is 40.8 Å². The molecule has 1 N–H and O–H groups in total. The molecule has 0 saturated heterocycles. The van der Waals surface area contributed by atoms with E-state index in [9.17, 15) is 4.39 Å². The lowest BCUT2D eigenvalue weighted by Crippen LogP contribution is -2.24. The van der Waals surface area contributed by atoms with Gasteiger partial charge in [-0.3, -0.25) is 0 Å². The Morgan fingerprint density at radius 1 is 1.48 bits per heavy atom. The largest absolute Gasteiger partial charge is 0.494 e. The average Bonchev–Trinajstić information content (AvgIpc) is 2.84. The molecule has 2 aromatic rings. The van der Waals surface area contributed by atoms with Crippen LogP contribution in [0.3, 0.4) is 0 Å². The molecule has 112 valence electrons. The number of methoxy groups -OCH3 is 1. The summed E-state index contributed by atoms with van der Waals surface area (Å²) in [6.45, 7) is 5.05. The van der Waals surface area contributed by atoms with Gasteiger partial charge in [0.15, 0.2) is 11.6 Å². The van der Waals surface area contributed by atoms with E-state index in [4.69, 9.17) is 9.84 Å². The number of halogens is 1. The van der Waals surface area contributed by atoms with Crippen molar-refractivity contribution in [3.63, 3.8) is 0 Å². The zero-order chi connectivity index (χ0) is 15.0. The first kappa shape index (κ1) is 13.9. The number of aromatic nitrogens is 2. The molecule has 1 unspecified atom stereocenters. The first-order valence-corrected chi connectivity index (χ1v) is 7.31. The molecule has 0 saturated carbocycles. The molecule has 1 atom stereocenters. The van der Waals surface area contributed by atoms with Crippen LogP contribution in [-0.2, 0) is 6.42 Å². The summed E-state index contributed by atoms with van der Waals surface area (Å²) in [5, 5.41) is 8.10. The molecule has 0 amide bonds. The first-order chi connectivity index (χ1) is 10.2. The number of ether oxygens (including phenoxy) is 1. The van der Waals surface area contributed by atoms with Crippen molar-refractivity contribution in [2.75, 3.05) is 19.0 Å². The Morgan fingerprint density at radius 2 is 2.29 bits per heavy atom. The molecule has 0 aliphatic carbocycles. The molecule has 0 bridgehead atoms. The third-order valence-corrected chi connectivity index (χ3v) is 4.15. The lowest BCUT2D eigenvalue weighted by atomic mass is 10.0. The SMILES string of the molecule is CCc1nn2c(c1C)NCCC2c1ccc(OC)c(F)c1. The number of fused-ring (bicyclic) bond motifs is 1. The Morgan fingerprint density at radius 3 is 2.95 bits per heavy atom. The van der Waals surface area contributed by atoms with Crippen molar-refractivity contribution < 1.29 is 9.13 Å². The summed E-state index contributed by atoms with van der Waals surface area (Å²) in [5.74, 6) is 1.01. The quantitative estimate of drug-likeness (QED) is 0.942. The van der Waals surface area contributed by atoms with Crippen LogP contribution in [0, 0.1) is 12.7 Å². The molecule has 3 rings (SSSR count). The normalized spacial score (nSPS) is 17.2. The van der Waals surface area contributed by atoms with Crippen LogP contribution < -0.4 is 10.1 Å². The van der Waals surface area contributed by atoms with E-state index in [1.165, 1.54) is 12.7 Å². The molecule has 0 radical (unpaired) electrons. The maximum Gasteiger partial charge on any atom is 0.165 e. The van der Waals surface area contributed by atoms with Gasteiger partial charge in [-0.15, -0.1) is 0 Å². The van der Waals surface area contributed by atoms with Gasteiger partial charge in [-0.1, -0.05) is 13.0 Å². The van der Waals surface area contributed by atoms with Gasteiger partial charge in [0.25, 0.3) is 0 Å². The second kappa shape index (κ2) is 5.39. The highest BCUT2D eigenvalue weighted by atomic mass is 19.1. The van der Waals surface area contributed by atoms with Gasteiger partial charge in [0.2, 0.25) is 0 Å². The second-order valence-corrected chi connectivity index (χ2v) is 5.34. The minimum absolute atomic E-state index is 0.0701. The molecule has 1 aromatic carbocycles. The molecule has 1 aromatic heterocycles. The monoisotopic (exact) mass is 289 g/mol. The molecule has 0 spiro atoms. The summed E-state index contributed by atoms with van der Waals surface area (Å²) in [4.78, 5) is 0. The Balaban J connectivity index is 2.04. The zero-order valence-corrected chi connectivity index (χ0v) is 12.6. The van der Waals surface area contributed by atoms with E-state index in [1.807, 2.05) is 10.7 Å². The van der Waals surface area contributed by atoms with E-state index in [0.717, 1.165) is 36.5 Å². The van der Waals surface area contributed by atoms with Crippen LogP contribution in [0.1, 0.15) is 36.2 Å². The van der Waals surface area contributed by atoms with Gasteiger partial charge in [0.05, 0.1) is 18.8 Å². The number of nitrogens with one attached hydrogen (secondary N) is 1. The molecule has 1 aliphatic rings. The van der Waals surface area contributed by atoms with Gasteiger partial charge in [0.1, 0.15) is 5.82 Å². The Bertz CT molecular complexity index is 666. The minimum Gasteiger partial charge on any atom is -0.494 e. The van der Waals surface area contributed by atoms with Gasteiger partial charge in [-0.25, -0.2) is 9.07 Å². The van der Waals surface area contributed by atoms with Gasteiger partial charge in [-0.05, 0) is 37.5 Å². The smallest absolute Gasteiger partial charge is 0.165 e. The molecule has 1 aliphatic heterocycles. The predicted octanol–water partition coefficient (Wildman–Crippen LogP) is 3.31. The second-order valence-electron chi connectivity index (χ2n) is 5.34. The molecule has 4 nitrogen and oxygen atoms in total. The molecular weight excluding hydrogens is 269 g/mol. The number of hydrogen-bond acceptors (Lipinski definition) is 3. The molecule has 5 heteroatoms. The van der Waals surface area contributed by atoms with Crippen LogP contribution in [0.4, 0.5) is 10.2 Å². The Labute approximate surface area is 123 Å². The van der Waals surface area contributed by atoms with Crippen molar-refractivity contribution in [1.82, 2.24) is 9.78 Å². The Kier molecular flexibility index (Phi) is 3.57. The van der Waals surface area contributed by atoms with Crippen molar-refractivity contribution in [3.8, 4) is 5.75 Å². The number of rotatable bonds is 3. The van der Waals surface area contributed by atoms with Crippen molar-refractivity contribution in [2.24, 2.45) is 0 Å². The van der Waals surface area contributed by atoms with E-state index in [1.54, 1.807) is 12.1 Å². The van der Waals surface area contributed by atoms with E-state index in [0.29, 0.717) is 0 Å². The fraction of sp³-hybridized carbons (Fsp3) is 0.438. The highest BCUT2D eigenvalue weighted by Crippen LogP contribution is 2.34. The third kappa shape index (κ3) is 2.26. The molecule has 0 fully saturated rings. The number of anilines is 1. The van der Waals surface area contributed by atoms with Crippen LogP contribution in [0.5, 0.6) is 5.75 Å². The van der Waals surface area contributed by atoms with Gasteiger partial charge in [-0.2, -0.15) is 5.10 Å². The highest BCUT2D eigenvalue weighted by molar-refractivity contribution is 5.50. The third-order valence-electron chi connectivity index (χ3n) is 4.15. The van der Waals surface area contributed by atoms with Crippen LogP contribution in [0.15, 0.2) is 18.2 Å². The Hall–Kier alpha value is -2.04. The summed E-state index contributed by atoms with van der Waals surface area (Å²) >= 11 is 0. The summed E-state index contributed by atoms with van der Waals surface area (Å²) in [7, 11) is 1.48. The van der Waals surface area contributed by atoms with E-state index < -0.39 is 0 Å². The molecule has 2 heterocycles. The number of aryl methyl sites for hydroxylation is 1. The summed E-state index contributed by atoms with van der Waals surface area (Å²) in [5.41, 5.74) is 3.22. The summed E-state index contributed by atoms with van der Waals surface area (Å²) in [6, 6.07) is 5.23. The van der Waals surface area contributed by atoms with E-state index in [-0.39, 0.29) is 17.6 Å². The van der Waals surface area contributed by atoms with Gasteiger partial charge in [0, 0.05) is 12.1 Å². The van der Waals surface area contributed by atoms with Crippen molar-refractivity contribution >= 4 is 5.82 Å². The van der Waals surface area contributed by atoms with Crippen molar-refractivity contribution in [2.45, 2.75) is 32.7 Å². The molecular formula is C16H20FN3O. The standard InChI is InChI=1S/C16H20FN3O/c1-4-13-10(2)16-18-8-7-14(20(16)19-13)11-5-6-15(21-3)12(17)9-11/h5-6,9,14,18H,4,7-8H2,1-3H3. The maximum absolute atomic E-state index is 14.0. The maximum atomic E-state index is 14.0. The van der Waals surface area contributed by atoms with Crippen molar-refractivity contribution in [1.29, 1.82) is 0 Å². The average molecular weight is 289 g/mol. The summed E-state index contributed by atoms with van der Waals surface area (Å²) < 4.78 is 20.9. The lowest BCUT2D eigenvalue weighted by molar-refractivity contribution is 0.384. The highest BCUT2D eigenvalue weighted by Gasteiger charge is 2.26. The van der Waals surface area contributed by atoms with E-state index >= 15 is 0 Å². The van der Waals surface area contributed by atoms with Crippen LogP contribution >= 0.6 is 0 Å². The first-order valence-electron chi connectivity index (χ1n) is 7.31. The fourth-order valence-electron chi connectivity index (χ4n) is 2.99. The lowest BCUT2D eigenvalue weighted by Gasteiger charge is -2.26. The zero-order valence-electron chi connectivity index (χ0n) is 12.6.